The number of nitrogens with zero attached hydrogens (tertiary/aromatic N) is 3. The molecular weight excluding hydrogens is 340 g/mol. The molecule has 2 unspecified atom stereocenters. The zero-order valence-electron chi connectivity index (χ0n) is 14.1. The molecule has 8 heteroatoms. The molecule has 0 bridgehead atoms. The summed E-state index contributed by atoms with van der Waals surface area (Å²) < 4.78 is 1.34. The second-order valence-electron chi connectivity index (χ2n) is 6.50. The lowest BCUT2D eigenvalue weighted by Gasteiger charge is -2.29. The van der Waals surface area contributed by atoms with Gasteiger partial charge in [-0.15, -0.1) is 5.10 Å². The number of carboxylic acids is 1. The van der Waals surface area contributed by atoms with Crippen molar-refractivity contribution in [1.82, 2.24) is 20.3 Å². The maximum Gasteiger partial charge on any atom is 0.328 e. The van der Waals surface area contributed by atoms with Crippen molar-refractivity contribution in [2.45, 2.75) is 51.1 Å². The number of carbonyl (C=O) groups excluding carboxylic acids is 1. The van der Waals surface area contributed by atoms with Crippen LogP contribution in [0.25, 0.3) is 0 Å². The first-order valence-corrected chi connectivity index (χ1v) is 9.48. The molecule has 0 saturated heterocycles. The fraction of sp³-hybridized carbons (Fsp3) is 0.529. The average molecular weight is 362 g/mol. The molecule has 0 spiro atoms. The van der Waals surface area contributed by atoms with Crippen LogP contribution in [0.2, 0.25) is 0 Å². The Morgan fingerprint density at radius 2 is 2.12 bits per heavy atom. The maximum absolute atomic E-state index is 12.5. The highest BCUT2D eigenvalue weighted by atomic mass is 32.1. The van der Waals surface area contributed by atoms with Crippen molar-refractivity contribution >= 4 is 23.2 Å². The summed E-state index contributed by atoms with van der Waals surface area (Å²) in [5, 5.41) is 24.0. The second kappa shape index (κ2) is 7.77. The number of thiophene rings is 1. The Labute approximate surface area is 150 Å². The Kier molecular flexibility index (Phi) is 5.47. The summed E-state index contributed by atoms with van der Waals surface area (Å²) >= 11 is 1.48. The van der Waals surface area contributed by atoms with E-state index >= 15 is 0 Å². The molecule has 2 atom stereocenters. The van der Waals surface area contributed by atoms with Crippen LogP contribution >= 0.6 is 11.3 Å². The molecule has 0 radical (unpaired) electrons. The van der Waals surface area contributed by atoms with E-state index in [4.69, 9.17) is 5.11 Å². The van der Waals surface area contributed by atoms with Gasteiger partial charge in [0.25, 0.3) is 5.91 Å². The molecule has 1 amide bonds. The van der Waals surface area contributed by atoms with Gasteiger partial charge in [0.1, 0.15) is 11.7 Å². The molecule has 2 aromatic heterocycles. The summed E-state index contributed by atoms with van der Waals surface area (Å²) in [5.74, 6) is -0.799. The van der Waals surface area contributed by atoms with Crippen LogP contribution in [-0.4, -0.2) is 32.0 Å². The van der Waals surface area contributed by atoms with Crippen molar-refractivity contribution < 1.29 is 14.7 Å². The predicted molar refractivity (Wildman–Crippen MR) is 93.5 cm³/mol. The SMILES string of the molecule is CC(C(=O)O)n1cc(C(NC(=O)c2ccsc2)C2CCCCC2)nn1. The molecule has 2 heterocycles. The normalized spacial score (nSPS) is 17.8. The number of aliphatic carboxylic acids is 1. The summed E-state index contributed by atoms with van der Waals surface area (Å²) in [5.41, 5.74) is 1.26. The van der Waals surface area contributed by atoms with Crippen LogP contribution in [0.3, 0.4) is 0 Å². The molecule has 1 aliphatic carbocycles. The van der Waals surface area contributed by atoms with E-state index in [1.807, 2.05) is 10.8 Å². The van der Waals surface area contributed by atoms with E-state index in [2.05, 4.69) is 15.6 Å². The van der Waals surface area contributed by atoms with Crippen LogP contribution in [0.4, 0.5) is 0 Å². The molecule has 25 heavy (non-hydrogen) atoms. The molecule has 0 aliphatic heterocycles. The highest BCUT2D eigenvalue weighted by molar-refractivity contribution is 7.08. The van der Waals surface area contributed by atoms with E-state index in [-0.39, 0.29) is 11.9 Å². The standard InChI is InChI=1S/C17H22N4O3S/c1-11(17(23)24)21-9-14(19-20-21)15(12-5-3-2-4-6-12)18-16(22)13-7-8-25-10-13/h7-12,15H,2-6H2,1H3,(H,18,22)(H,23,24). The monoisotopic (exact) mass is 362 g/mol. The Bertz CT molecular complexity index is 722. The van der Waals surface area contributed by atoms with Crippen LogP contribution in [-0.2, 0) is 4.79 Å². The number of carboxylic acid groups (broad SMARTS) is 1. The molecule has 134 valence electrons. The topological polar surface area (TPSA) is 97.1 Å². The highest BCUT2D eigenvalue weighted by Crippen LogP contribution is 2.34. The van der Waals surface area contributed by atoms with Gasteiger partial charge in [0.2, 0.25) is 0 Å². The molecule has 7 nitrogen and oxygen atoms in total. The van der Waals surface area contributed by atoms with Crippen molar-refractivity contribution in [3.8, 4) is 0 Å². The van der Waals surface area contributed by atoms with Gasteiger partial charge in [0, 0.05) is 5.38 Å². The number of nitrogens with one attached hydrogen (secondary N) is 1. The molecule has 3 rings (SSSR count). The van der Waals surface area contributed by atoms with Gasteiger partial charge in [0.15, 0.2) is 0 Å². The van der Waals surface area contributed by atoms with Gasteiger partial charge < -0.3 is 10.4 Å². The number of amides is 1. The lowest BCUT2D eigenvalue weighted by atomic mass is 9.82. The summed E-state index contributed by atoms with van der Waals surface area (Å²) in [4.78, 5) is 23.7. The third-order valence-corrected chi connectivity index (χ3v) is 5.48. The minimum absolute atomic E-state index is 0.127. The van der Waals surface area contributed by atoms with Crippen molar-refractivity contribution in [2.75, 3.05) is 0 Å². The number of hydrogen-bond donors (Lipinski definition) is 2. The highest BCUT2D eigenvalue weighted by Gasteiger charge is 2.30. The van der Waals surface area contributed by atoms with E-state index in [1.165, 1.54) is 22.4 Å². The van der Waals surface area contributed by atoms with Crippen LogP contribution < -0.4 is 5.32 Å². The first-order valence-electron chi connectivity index (χ1n) is 8.54. The smallest absolute Gasteiger partial charge is 0.328 e. The average Bonchev–Trinajstić information content (AvgIpc) is 3.31. The molecule has 1 aliphatic rings. The first kappa shape index (κ1) is 17.6. The Hall–Kier alpha value is -2.22. The fourth-order valence-electron chi connectivity index (χ4n) is 3.25. The summed E-state index contributed by atoms with van der Waals surface area (Å²) in [6.07, 6.45) is 7.17. The van der Waals surface area contributed by atoms with Crippen molar-refractivity contribution in [3.05, 3.63) is 34.3 Å². The van der Waals surface area contributed by atoms with Gasteiger partial charge in [-0.05, 0) is 37.1 Å². The van der Waals surface area contributed by atoms with Crippen LogP contribution in [0.1, 0.15) is 67.2 Å². The van der Waals surface area contributed by atoms with Crippen molar-refractivity contribution in [3.63, 3.8) is 0 Å². The lowest BCUT2D eigenvalue weighted by molar-refractivity contribution is -0.140. The third kappa shape index (κ3) is 4.07. The van der Waals surface area contributed by atoms with E-state index in [9.17, 15) is 9.59 Å². The maximum atomic E-state index is 12.5. The lowest BCUT2D eigenvalue weighted by Crippen LogP contribution is -2.34. The second-order valence-corrected chi connectivity index (χ2v) is 7.28. The molecular formula is C17H22N4O3S. The van der Waals surface area contributed by atoms with Gasteiger partial charge in [-0.2, -0.15) is 11.3 Å². The fourth-order valence-corrected chi connectivity index (χ4v) is 3.89. The number of rotatable bonds is 6. The Morgan fingerprint density at radius 3 is 2.76 bits per heavy atom. The summed E-state index contributed by atoms with van der Waals surface area (Å²) in [6.45, 7) is 1.56. The summed E-state index contributed by atoms with van der Waals surface area (Å²) in [7, 11) is 0. The van der Waals surface area contributed by atoms with Gasteiger partial charge in [-0.25, -0.2) is 9.48 Å². The third-order valence-electron chi connectivity index (χ3n) is 4.79. The number of hydrogen-bond acceptors (Lipinski definition) is 5. The number of aromatic nitrogens is 3. The number of carbonyl (C=O) groups is 2. The zero-order chi connectivity index (χ0) is 17.8. The van der Waals surface area contributed by atoms with Gasteiger partial charge in [0.05, 0.1) is 17.8 Å². The largest absolute Gasteiger partial charge is 0.480 e. The van der Waals surface area contributed by atoms with Crippen LogP contribution in [0, 0.1) is 5.92 Å². The van der Waals surface area contributed by atoms with Gasteiger partial charge in [-0.1, -0.05) is 24.5 Å². The predicted octanol–water partition coefficient (Wildman–Crippen LogP) is 3.04. The first-order chi connectivity index (χ1) is 12.1. The van der Waals surface area contributed by atoms with E-state index in [0.29, 0.717) is 17.2 Å². The van der Waals surface area contributed by atoms with Crippen LogP contribution in [0.5, 0.6) is 0 Å². The van der Waals surface area contributed by atoms with Gasteiger partial charge in [-0.3, -0.25) is 4.79 Å². The van der Waals surface area contributed by atoms with Crippen molar-refractivity contribution in [1.29, 1.82) is 0 Å². The quantitative estimate of drug-likeness (QED) is 0.823. The Balaban J connectivity index is 1.83. The summed E-state index contributed by atoms with van der Waals surface area (Å²) in [6, 6.07) is 0.754. The molecule has 0 aromatic carbocycles. The van der Waals surface area contributed by atoms with E-state index in [0.717, 1.165) is 25.7 Å². The minimum Gasteiger partial charge on any atom is -0.480 e. The molecule has 1 saturated carbocycles. The van der Waals surface area contributed by atoms with E-state index < -0.39 is 12.0 Å². The van der Waals surface area contributed by atoms with Crippen molar-refractivity contribution in [2.24, 2.45) is 5.92 Å². The van der Waals surface area contributed by atoms with Gasteiger partial charge >= 0.3 is 5.97 Å². The van der Waals surface area contributed by atoms with E-state index in [1.54, 1.807) is 19.2 Å². The van der Waals surface area contributed by atoms with Crippen LogP contribution in [0.15, 0.2) is 23.0 Å². The molecule has 1 fully saturated rings. The zero-order valence-corrected chi connectivity index (χ0v) is 14.9. The molecule has 2 aromatic rings. The Morgan fingerprint density at radius 1 is 1.36 bits per heavy atom. The molecule has 2 N–H and O–H groups in total. The minimum atomic E-state index is -0.965.